The number of benzene rings is 2. The fraction of sp³-hybridized carbons (Fsp3) is 0.333. The van der Waals surface area contributed by atoms with E-state index in [9.17, 15) is 10.1 Å². The Morgan fingerprint density at radius 3 is 2.31 bits per heavy atom. The first-order valence-electron chi connectivity index (χ1n) is 8.45. The van der Waals surface area contributed by atoms with Gasteiger partial charge in [0.2, 0.25) is 0 Å². The van der Waals surface area contributed by atoms with Crippen molar-refractivity contribution in [1.29, 1.82) is 5.26 Å². The van der Waals surface area contributed by atoms with Gasteiger partial charge in [-0.1, -0.05) is 54.1 Å². The molecule has 2 atom stereocenters. The van der Waals surface area contributed by atoms with Crippen LogP contribution in [0.4, 0.5) is 0 Å². The molecule has 1 N–H and O–H groups in total. The zero-order valence-corrected chi connectivity index (χ0v) is 16.0. The van der Waals surface area contributed by atoms with Crippen molar-refractivity contribution in [3.63, 3.8) is 0 Å². The number of halogens is 1. The Labute approximate surface area is 159 Å². The predicted molar refractivity (Wildman–Crippen MR) is 103 cm³/mol. The van der Waals surface area contributed by atoms with E-state index in [1.807, 2.05) is 51.1 Å². The lowest BCUT2D eigenvalue weighted by Crippen LogP contribution is -2.44. The van der Waals surface area contributed by atoms with Crippen molar-refractivity contribution in [1.82, 2.24) is 5.32 Å². The number of nitrogens with zero attached hydrogens (tertiary/aromatic N) is 1. The van der Waals surface area contributed by atoms with E-state index in [4.69, 9.17) is 16.3 Å². The summed E-state index contributed by atoms with van der Waals surface area (Å²) < 4.78 is 5.54. The van der Waals surface area contributed by atoms with E-state index in [0.717, 1.165) is 5.56 Å². The third-order valence-corrected chi connectivity index (χ3v) is 3.98. The number of nitriles is 1. The van der Waals surface area contributed by atoms with Gasteiger partial charge in [0, 0.05) is 11.6 Å². The molecule has 26 heavy (non-hydrogen) atoms. The van der Waals surface area contributed by atoms with Crippen molar-refractivity contribution in [3.8, 4) is 6.07 Å². The van der Waals surface area contributed by atoms with Gasteiger partial charge in [-0.25, -0.2) is 0 Å². The first-order chi connectivity index (χ1) is 12.3. The molecule has 0 aliphatic carbocycles. The van der Waals surface area contributed by atoms with Crippen LogP contribution in [0.1, 0.15) is 37.8 Å². The number of ether oxygens (including phenoxy) is 1. The van der Waals surface area contributed by atoms with Crippen LogP contribution in [0.3, 0.4) is 0 Å². The van der Waals surface area contributed by atoms with Crippen molar-refractivity contribution in [3.05, 3.63) is 70.7 Å². The van der Waals surface area contributed by atoms with Gasteiger partial charge in [0.15, 0.2) is 0 Å². The summed E-state index contributed by atoms with van der Waals surface area (Å²) >= 11 is 5.94. The van der Waals surface area contributed by atoms with Gasteiger partial charge < -0.3 is 4.74 Å². The molecule has 4 nitrogen and oxygen atoms in total. The van der Waals surface area contributed by atoms with Crippen LogP contribution in [0.2, 0.25) is 5.02 Å². The zero-order valence-electron chi connectivity index (χ0n) is 15.2. The highest BCUT2D eigenvalue weighted by Gasteiger charge is 2.33. The maximum absolute atomic E-state index is 12.8. The molecule has 136 valence electrons. The molecule has 0 aliphatic rings. The van der Waals surface area contributed by atoms with Gasteiger partial charge in [0.05, 0.1) is 12.0 Å². The lowest BCUT2D eigenvalue weighted by molar-refractivity contribution is -0.157. The summed E-state index contributed by atoms with van der Waals surface area (Å²) in [4.78, 5) is 12.8. The van der Waals surface area contributed by atoms with Gasteiger partial charge in [-0.15, -0.1) is 0 Å². The van der Waals surface area contributed by atoms with E-state index in [2.05, 4.69) is 11.4 Å². The summed E-state index contributed by atoms with van der Waals surface area (Å²) in [6.45, 7) is 5.88. The lowest BCUT2D eigenvalue weighted by Gasteiger charge is -2.27. The van der Waals surface area contributed by atoms with Crippen LogP contribution < -0.4 is 5.32 Å². The Kier molecular flexibility index (Phi) is 6.79. The Morgan fingerprint density at radius 2 is 1.77 bits per heavy atom. The summed E-state index contributed by atoms with van der Waals surface area (Å²) in [5.74, 6) is -1.14. The monoisotopic (exact) mass is 370 g/mol. The second-order valence-electron chi connectivity index (χ2n) is 7.04. The number of esters is 1. The van der Waals surface area contributed by atoms with Gasteiger partial charge in [0.25, 0.3) is 0 Å². The number of carbonyl (C=O) groups is 1. The molecule has 0 unspecified atom stereocenters. The molecule has 0 heterocycles. The quantitative estimate of drug-likeness (QED) is 0.763. The topological polar surface area (TPSA) is 62.1 Å². The molecule has 0 radical (unpaired) electrons. The molecule has 2 aromatic carbocycles. The van der Waals surface area contributed by atoms with Crippen LogP contribution in [0.5, 0.6) is 0 Å². The minimum atomic E-state index is -0.791. The first kappa shape index (κ1) is 20.0. The second-order valence-corrected chi connectivity index (χ2v) is 7.47. The van der Waals surface area contributed by atoms with Crippen LogP contribution in [0, 0.1) is 11.3 Å². The van der Waals surface area contributed by atoms with E-state index in [0.29, 0.717) is 17.1 Å². The van der Waals surface area contributed by atoms with Gasteiger partial charge in [-0.2, -0.15) is 5.26 Å². The van der Waals surface area contributed by atoms with Crippen LogP contribution in [-0.2, 0) is 16.1 Å². The average molecular weight is 371 g/mol. The van der Waals surface area contributed by atoms with E-state index in [1.165, 1.54) is 0 Å². The van der Waals surface area contributed by atoms with E-state index in [1.54, 1.807) is 24.3 Å². The summed E-state index contributed by atoms with van der Waals surface area (Å²) in [7, 11) is 0. The highest BCUT2D eigenvalue weighted by Crippen LogP contribution is 2.24. The minimum Gasteiger partial charge on any atom is -0.459 e. The van der Waals surface area contributed by atoms with Crippen molar-refractivity contribution in [2.75, 3.05) is 0 Å². The number of carbonyl (C=O) groups excluding carboxylic acids is 1. The summed E-state index contributed by atoms with van der Waals surface area (Å²) in [5.41, 5.74) is 1.10. The van der Waals surface area contributed by atoms with Crippen molar-refractivity contribution < 1.29 is 9.53 Å². The molecule has 5 heteroatoms. The SMILES string of the molecule is CC(C)(C)OC(=O)[C@@H](NCc1ccccc1)[C@@H](C#N)c1ccc(Cl)cc1. The largest absolute Gasteiger partial charge is 0.459 e. The minimum absolute atomic E-state index is 0.449. The lowest BCUT2D eigenvalue weighted by atomic mass is 9.92. The summed E-state index contributed by atoms with van der Waals surface area (Å²) in [5, 5.41) is 13.5. The van der Waals surface area contributed by atoms with Gasteiger partial charge in [-0.3, -0.25) is 10.1 Å². The van der Waals surface area contributed by atoms with Crippen molar-refractivity contribution in [2.45, 2.75) is 44.9 Å². The second kappa shape index (κ2) is 8.84. The van der Waals surface area contributed by atoms with Gasteiger partial charge >= 0.3 is 5.97 Å². The standard InChI is InChI=1S/C21H23ClN2O2/c1-21(2,3)26-20(25)19(24-14-15-7-5-4-6-8-15)18(13-23)16-9-11-17(22)12-10-16/h4-12,18-19,24H,14H2,1-3H3/t18-,19-/m0/s1. The third-order valence-electron chi connectivity index (χ3n) is 3.73. The van der Waals surface area contributed by atoms with Crippen LogP contribution in [-0.4, -0.2) is 17.6 Å². The molecule has 0 amide bonds. The summed E-state index contributed by atoms with van der Waals surface area (Å²) in [6, 6.07) is 18.1. The Bertz CT molecular complexity index is 761. The number of nitrogens with one attached hydrogen (secondary N) is 1. The fourth-order valence-corrected chi connectivity index (χ4v) is 2.66. The van der Waals surface area contributed by atoms with Crippen molar-refractivity contribution >= 4 is 17.6 Å². The molecule has 0 bridgehead atoms. The fourth-order valence-electron chi connectivity index (χ4n) is 2.54. The average Bonchev–Trinajstić information content (AvgIpc) is 2.59. The molecule has 2 aromatic rings. The predicted octanol–water partition coefficient (Wildman–Crippen LogP) is 4.45. The third kappa shape index (κ3) is 5.87. The zero-order chi connectivity index (χ0) is 19.2. The first-order valence-corrected chi connectivity index (χ1v) is 8.83. The normalized spacial score (nSPS) is 13.5. The molecule has 0 spiro atoms. The molecule has 0 fully saturated rings. The van der Waals surface area contributed by atoms with Crippen LogP contribution >= 0.6 is 11.6 Å². The van der Waals surface area contributed by atoms with E-state index in [-0.39, 0.29) is 0 Å². The number of rotatable bonds is 6. The maximum Gasteiger partial charge on any atom is 0.325 e. The van der Waals surface area contributed by atoms with Crippen LogP contribution in [0.15, 0.2) is 54.6 Å². The molecule has 0 saturated heterocycles. The maximum atomic E-state index is 12.8. The van der Waals surface area contributed by atoms with E-state index >= 15 is 0 Å². The number of hydrogen-bond donors (Lipinski definition) is 1. The summed E-state index contributed by atoms with van der Waals surface area (Å²) in [6.07, 6.45) is 0. The van der Waals surface area contributed by atoms with E-state index < -0.39 is 23.5 Å². The van der Waals surface area contributed by atoms with Crippen molar-refractivity contribution in [2.24, 2.45) is 0 Å². The smallest absolute Gasteiger partial charge is 0.325 e. The number of hydrogen-bond acceptors (Lipinski definition) is 4. The Hall–Kier alpha value is -2.35. The molecule has 0 saturated carbocycles. The van der Waals surface area contributed by atoms with Gasteiger partial charge in [0.1, 0.15) is 11.6 Å². The molecular weight excluding hydrogens is 348 g/mol. The Balaban J connectivity index is 2.26. The van der Waals surface area contributed by atoms with Crippen LogP contribution in [0.25, 0.3) is 0 Å². The molecule has 0 aromatic heterocycles. The Morgan fingerprint density at radius 1 is 1.15 bits per heavy atom. The molecule has 0 aliphatic heterocycles. The highest BCUT2D eigenvalue weighted by molar-refractivity contribution is 6.30. The van der Waals surface area contributed by atoms with Gasteiger partial charge in [-0.05, 0) is 44.0 Å². The highest BCUT2D eigenvalue weighted by atomic mass is 35.5. The molecular formula is C21H23ClN2O2. The molecule has 2 rings (SSSR count).